The Bertz CT molecular complexity index is 2340. The summed E-state index contributed by atoms with van der Waals surface area (Å²) in [6.45, 7) is 4.05. The molecule has 3 aromatic heterocycles. The van der Waals surface area contributed by atoms with Crippen molar-refractivity contribution >= 4 is 51.0 Å². The number of hydrogen-bond acceptors (Lipinski definition) is 7. The monoisotopic (exact) mass is 776 g/mol. The number of H-pyrrole nitrogens is 1. The molecule has 0 bridgehead atoms. The van der Waals surface area contributed by atoms with E-state index >= 15 is 0 Å². The summed E-state index contributed by atoms with van der Waals surface area (Å²) in [5.41, 5.74) is 3.42. The van der Waals surface area contributed by atoms with Crippen LogP contribution in [0, 0.1) is 5.92 Å². The van der Waals surface area contributed by atoms with E-state index in [9.17, 15) is 19.2 Å². The summed E-state index contributed by atoms with van der Waals surface area (Å²) >= 11 is 0. The summed E-state index contributed by atoms with van der Waals surface area (Å²) in [5.74, 6) is 0.927. The van der Waals surface area contributed by atoms with E-state index in [0.717, 1.165) is 53.6 Å². The summed E-state index contributed by atoms with van der Waals surface area (Å²) in [7, 11) is 0. The van der Waals surface area contributed by atoms with E-state index in [1.165, 1.54) is 76.5 Å². The van der Waals surface area contributed by atoms with Gasteiger partial charge in [0.25, 0.3) is 11.5 Å². The fourth-order valence-electron chi connectivity index (χ4n) is 8.83. The van der Waals surface area contributed by atoms with Gasteiger partial charge in [0.1, 0.15) is 11.4 Å². The SMILES string of the molecule is O=C(Nc1cccn(C2CC2)c1=O)c1cc2cn[nH]c2cc1OC1CC1.O=C1CCN(c2cccc3c2ccn3C2CCN(CCC3CCCCC3)CC2)C(=O)N1.[HH].[HH]. The minimum atomic E-state index is -0.352. The second-order valence-electron chi connectivity index (χ2n) is 16.5. The van der Waals surface area contributed by atoms with Crippen LogP contribution >= 0.6 is 0 Å². The Morgan fingerprint density at radius 3 is 2.44 bits per heavy atom. The summed E-state index contributed by atoms with van der Waals surface area (Å²) < 4.78 is 10.0. The quantitative estimate of drug-likeness (QED) is 0.130. The molecule has 0 spiro atoms. The fraction of sp³-hybridized carbons (Fsp3) is 0.477. The number of ether oxygens (including phenoxy) is 1. The van der Waals surface area contributed by atoms with Crippen LogP contribution in [0.25, 0.3) is 21.8 Å². The van der Waals surface area contributed by atoms with Crippen LogP contribution < -0.4 is 25.8 Å². The molecule has 2 aromatic carbocycles. The largest absolute Gasteiger partial charge is 0.490 e. The van der Waals surface area contributed by atoms with Crippen molar-refractivity contribution in [1.29, 1.82) is 0 Å². The van der Waals surface area contributed by atoms with E-state index in [4.69, 9.17) is 4.74 Å². The highest BCUT2D eigenvalue weighted by molar-refractivity contribution is 6.10. The van der Waals surface area contributed by atoms with Crippen LogP contribution in [0.1, 0.15) is 109 Å². The number of fused-ring (bicyclic) bond motifs is 2. The third kappa shape index (κ3) is 8.34. The number of imide groups is 1. The van der Waals surface area contributed by atoms with Crippen LogP contribution in [0.4, 0.5) is 16.2 Å². The molecule has 13 nitrogen and oxygen atoms in total. The highest BCUT2D eigenvalue weighted by atomic mass is 16.5. The second kappa shape index (κ2) is 16.2. The molecule has 3 N–H and O–H groups in total. The van der Waals surface area contributed by atoms with Crippen molar-refractivity contribution in [2.24, 2.45) is 5.92 Å². The molecule has 13 heteroatoms. The van der Waals surface area contributed by atoms with Gasteiger partial charge in [0, 0.05) is 70.2 Å². The highest BCUT2D eigenvalue weighted by Gasteiger charge is 2.29. The van der Waals surface area contributed by atoms with Gasteiger partial charge in [-0.05, 0) is 93.8 Å². The minimum absolute atomic E-state index is 0. The molecular weight excluding hydrogens is 721 g/mol. The first-order chi connectivity index (χ1) is 27.9. The lowest BCUT2D eigenvalue weighted by atomic mass is 9.87. The average Bonchev–Trinajstić information content (AvgIpc) is 4.15. The topological polar surface area (TPSA) is 147 Å². The summed E-state index contributed by atoms with van der Waals surface area (Å²) in [6.07, 6.45) is 21.1. The van der Waals surface area contributed by atoms with Crippen molar-refractivity contribution < 1.29 is 22.0 Å². The first-order valence-electron chi connectivity index (χ1n) is 21.0. The standard InChI is InChI=1S/C25H34N4O2.C19H18N4O3.2H2/c30-24-13-18-29(25(31)26-24)23-8-4-7-22-21(23)12-17-28(22)20-10-15-27(16-11-20)14-9-19-5-2-1-3-6-19;24-18(21-15-2-1-7-23(19(15)25)12-3-4-12)14-8-11-10-20-22-16(11)9-17(14)26-13-5-6-13;;/h4,7-8,12,17,19-20H,1-3,5-6,9-11,13-16,18H2,(H,26,30,31);1-2,7-10,12-13H,3-6H2,(H,20,22)(H,21,24);2*1H. The number of pyridine rings is 1. The van der Waals surface area contributed by atoms with Gasteiger partial charge in [-0.2, -0.15) is 5.10 Å². The van der Waals surface area contributed by atoms with Crippen LogP contribution in [0.2, 0.25) is 0 Å². The van der Waals surface area contributed by atoms with Gasteiger partial charge in [-0.1, -0.05) is 38.2 Å². The number of hydrogen-bond donors (Lipinski definition) is 3. The maximum absolute atomic E-state index is 12.9. The number of nitrogens with zero attached hydrogens (tertiary/aromatic N) is 5. The Morgan fingerprint density at radius 1 is 0.860 bits per heavy atom. The Balaban J connectivity index is 0.000000175. The predicted molar refractivity (Wildman–Crippen MR) is 224 cm³/mol. The van der Waals surface area contributed by atoms with Gasteiger partial charge in [-0.25, -0.2) is 4.79 Å². The van der Waals surface area contributed by atoms with Crippen molar-refractivity contribution in [2.45, 2.75) is 102 Å². The van der Waals surface area contributed by atoms with Gasteiger partial charge in [-0.15, -0.1) is 0 Å². The van der Waals surface area contributed by atoms with Crippen molar-refractivity contribution in [1.82, 2.24) is 29.5 Å². The number of piperidine rings is 1. The number of carbonyl (C=O) groups excluding carboxylic acids is 3. The molecule has 3 aliphatic carbocycles. The number of likely N-dealkylation sites (tertiary alicyclic amines) is 1. The zero-order valence-electron chi connectivity index (χ0n) is 32.5. The first-order valence-corrected chi connectivity index (χ1v) is 21.0. The molecule has 4 amide bonds. The molecular formula is C44H56N8O5. The van der Waals surface area contributed by atoms with Gasteiger partial charge >= 0.3 is 6.03 Å². The van der Waals surface area contributed by atoms with E-state index in [2.05, 4.69) is 48.6 Å². The van der Waals surface area contributed by atoms with Crippen LogP contribution in [-0.4, -0.2) is 74.4 Å². The second-order valence-corrected chi connectivity index (χ2v) is 16.5. The maximum atomic E-state index is 12.9. The van der Waals surface area contributed by atoms with E-state index in [0.29, 0.717) is 30.3 Å². The third-order valence-corrected chi connectivity index (χ3v) is 12.4. The van der Waals surface area contributed by atoms with Crippen LogP contribution in [0.3, 0.4) is 0 Å². The van der Waals surface area contributed by atoms with Gasteiger partial charge in [-0.3, -0.25) is 29.7 Å². The molecule has 2 aliphatic heterocycles. The molecule has 0 unspecified atom stereocenters. The lowest BCUT2D eigenvalue weighted by Gasteiger charge is -2.34. The summed E-state index contributed by atoms with van der Waals surface area (Å²) in [6, 6.07) is 15.7. The number of benzene rings is 2. The van der Waals surface area contributed by atoms with Gasteiger partial charge in [0.15, 0.2) is 0 Å². The average molecular weight is 777 g/mol. The van der Waals surface area contributed by atoms with Gasteiger partial charge in [0.05, 0.1) is 34.6 Å². The number of nitrogens with one attached hydrogen (secondary N) is 3. The van der Waals surface area contributed by atoms with E-state index in [-0.39, 0.29) is 44.1 Å². The smallest absolute Gasteiger partial charge is 0.328 e. The number of aromatic nitrogens is 4. The highest BCUT2D eigenvalue weighted by Crippen LogP contribution is 2.36. The molecule has 5 aliphatic rings. The number of aromatic amines is 1. The van der Waals surface area contributed by atoms with Crippen LogP contribution in [0.5, 0.6) is 5.75 Å². The Morgan fingerprint density at radius 2 is 1.67 bits per heavy atom. The molecule has 5 fully saturated rings. The van der Waals surface area contributed by atoms with Crippen LogP contribution in [0.15, 0.2) is 71.9 Å². The Kier molecular flexibility index (Phi) is 10.6. The van der Waals surface area contributed by atoms with E-state index < -0.39 is 0 Å². The van der Waals surface area contributed by atoms with Crippen molar-refractivity contribution in [3.8, 4) is 5.75 Å². The summed E-state index contributed by atoms with van der Waals surface area (Å²) in [4.78, 5) is 53.7. The van der Waals surface area contributed by atoms with Crippen molar-refractivity contribution in [3.63, 3.8) is 0 Å². The minimum Gasteiger partial charge on any atom is -0.490 e. The molecule has 2 saturated heterocycles. The maximum Gasteiger partial charge on any atom is 0.328 e. The Labute approximate surface area is 334 Å². The molecule has 5 heterocycles. The lowest BCUT2D eigenvalue weighted by molar-refractivity contribution is -0.120. The molecule has 0 atom stereocenters. The van der Waals surface area contributed by atoms with Gasteiger partial charge < -0.3 is 24.1 Å². The van der Waals surface area contributed by atoms with Crippen molar-refractivity contribution in [2.75, 3.05) is 36.4 Å². The normalized spacial score (nSPS) is 19.7. The van der Waals surface area contributed by atoms with Crippen molar-refractivity contribution in [3.05, 3.63) is 83.0 Å². The first kappa shape index (κ1) is 37.2. The molecule has 3 saturated carbocycles. The summed E-state index contributed by atoms with van der Waals surface area (Å²) in [5, 5.41) is 14.0. The zero-order chi connectivity index (χ0) is 38.9. The predicted octanol–water partition coefficient (Wildman–Crippen LogP) is 8.04. The number of carbonyl (C=O) groups is 3. The fourth-order valence-corrected chi connectivity index (χ4v) is 8.83. The lowest BCUT2D eigenvalue weighted by Crippen LogP contribution is -2.49. The number of urea groups is 1. The molecule has 57 heavy (non-hydrogen) atoms. The van der Waals surface area contributed by atoms with E-state index in [1.807, 2.05) is 12.1 Å². The zero-order valence-corrected chi connectivity index (χ0v) is 32.5. The molecule has 5 aromatic rings. The Hall–Kier alpha value is -5.43. The molecule has 0 radical (unpaired) electrons. The number of rotatable bonds is 10. The van der Waals surface area contributed by atoms with E-state index in [1.54, 1.807) is 46.1 Å². The molecule has 10 rings (SSSR count). The number of amides is 4. The van der Waals surface area contributed by atoms with Crippen LogP contribution in [-0.2, 0) is 4.79 Å². The van der Waals surface area contributed by atoms with Gasteiger partial charge in [0.2, 0.25) is 5.91 Å². The molecule has 302 valence electrons. The third-order valence-electron chi connectivity index (χ3n) is 12.4. The number of anilines is 2.